The van der Waals surface area contributed by atoms with E-state index in [0.29, 0.717) is 58.2 Å². The number of aliphatic hydroxyl groups excluding tert-OH is 3. The van der Waals surface area contributed by atoms with Crippen LogP contribution in [0, 0.1) is 0 Å². The van der Waals surface area contributed by atoms with E-state index in [2.05, 4.69) is 0 Å². The molecule has 1 fully saturated rings. The molecule has 10 nitrogen and oxygen atoms in total. The van der Waals surface area contributed by atoms with Gasteiger partial charge in [0.05, 0.1) is 25.0 Å². The van der Waals surface area contributed by atoms with Gasteiger partial charge >= 0.3 is 0 Å². The molecule has 0 aromatic rings. The summed E-state index contributed by atoms with van der Waals surface area (Å²) < 4.78 is 21.7. The Balaban J connectivity index is 1.99. The summed E-state index contributed by atoms with van der Waals surface area (Å²) >= 11 is 0. The summed E-state index contributed by atoms with van der Waals surface area (Å²) in [5, 5.41) is 29.5. The van der Waals surface area contributed by atoms with Crippen LogP contribution in [0.15, 0.2) is 11.9 Å². The lowest BCUT2D eigenvalue weighted by molar-refractivity contribution is -0.139. The fourth-order valence-electron chi connectivity index (χ4n) is 2.62. The molecule has 1 aliphatic heterocycles. The Morgan fingerprint density at radius 2 is 1.64 bits per heavy atom. The van der Waals surface area contributed by atoms with Gasteiger partial charge in [0.1, 0.15) is 12.2 Å². The fraction of sp³-hybridized carbons (Fsp3) is 0.889. The zero-order valence-corrected chi connectivity index (χ0v) is 16.6. The Hall–Kier alpha value is -0.980. The van der Waals surface area contributed by atoms with Gasteiger partial charge in [-0.05, 0) is 25.7 Å². The number of hydrazine groups is 1. The first kappa shape index (κ1) is 25.1. The lowest BCUT2D eigenvalue weighted by atomic mass is 10.0. The zero-order chi connectivity index (χ0) is 20.6. The standard InChI is InChI=1S/C18H37N3O7/c19-15(12-21(20)13-17-18(24)16(23)4-11-28-17)14-27-10-3-9-26-8-2-7-25-6-1-5-22/h12,16-18,22-24H,1-11,13-14,19-20H2/b15-12-. The molecular weight excluding hydrogens is 370 g/mol. The van der Waals surface area contributed by atoms with Crippen molar-refractivity contribution in [3.05, 3.63) is 11.9 Å². The van der Waals surface area contributed by atoms with Crippen LogP contribution in [0.1, 0.15) is 25.7 Å². The molecule has 1 aliphatic rings. The minimum absolute atomic E-state index is 0.154. The van der Waals surface area contributed by atoms with Crippen LogP contribution in [0.2, 0.25) is 0 Å². The normalized spacial score (nSPS) is 23.1. The first-order valence-electron chi connectivity index (χ1n) is 9.84. The van der Waals surface area contributed by atoms with Gasteiger partial charge in [0.2, 0.25) is 0 Å². The van der Waals surface area contributed by atoms with Crippen LogP contribution in [-0.4, -0.2) is 98.0 Å². The van der Waals surface area contributed by atoms with Crippen molar-refractivity contribution in [1.29, 1.82) is 0 Å². The van der Waals surface area contributed by atoms with Crippen LogP contribution in [0.25, 0.3) is 0 Å². The highest BCUT2D eigenvalue weighted by atomic mass is 16.5. The monoisotopic (exact) mass is 407 g/mol. The van der Waals surface area contributed by atoms with Crippen molar-refractivity contribution in [3.8, 4) is 0 Å². The van der Waals surface area contributed by atoms with Crippen LogP contribution < -0.4 is 11.6 Å². The van der Waals surface area contributed by atoms with Gasteiger partial charge < -0.3 is 45.0 Å². The highest BCUT2D eigenvalue weighted by molar-refractivity contribution is 4.96. The maximum Gasteiger partial charge on any atom is 0.108 e. The topological polar surface area (TPSA) is 153 Å². The third-order valence-corrected chi connectivity index (χ3v) is 4.11. The first-order valence-corrected chi connectivity index (χ1v) is 9.84. The fourth-order valence-corrected chi connectivity index (χ4v) is 2.62. The lowest BCUT2D eigenvalue weighted by Crippen LogP contribution is -2.50. The van der Waals surface area contributed by atoms with E-state index in [1.165, 1.54) is 11.2 Å². The van der Waals surface area contributed by atoms with E-state index in [-0.39, 0.29) is 19.8 Å². The molecule has 166 valence electrons. The molecule has 0 amide bonds. The Kier molecular flexibility index (Phi) is 14.2. The SMILES string of the molecule is N/C(=C\N(N)CC1OCCC(O)C1O)COCCCOCCCOCCCO. The smallest absolute Gasteiger partial charge is 0.108 e. The Morgan fingerprint density at radius 3 is 2.29 bits per heavy atom. The summed E-state index contributed by atoms with van der Waals surface area (Å²) in [6, 6.07) is 0. The second-order valence-electron chi connectivity index (χ2n) is 6.72. The van der Waals surface area contributed by atoms with Gasteiger partial charge in [0, 0.05) is 52.4 Å². The maximum atomic E-state index is 9.89. The molecule has 0 bridgehead atoms. The van der Waals surface area contributed by atoms with E-state index in [4.69, 9.17) is 35.6 Å². The van der Waals surface area contributed by atoms with Crippen molar-refractivity contribution < 1.29 is 34.3 Å². The van der Waals surface area contributed by atoms with Gasteiger partial charge in [0.15, 0.2) is 0 Å². The van der Waals surface area contributed by atoms with Crippen molar-refractivity contribution >= 4 is 0 Å². The van der Waals surface area contributed by atoms with Gasteiger partial charge in [-0.25, -0.2) is 5.84 Å². The highest BCUT2D eigenvalue weighted by Gasteiger charge is 2.31. The predicted octanol–water partition coefficient (Wildman–Crippen LogP) is -1.31. The molecule has 10 heteroatoms. The summed E-state index contributed by atoms with van der Waals surface area (Å²) in [6.45, 7) is 3.96. The second-order valence-corrected chi connectivity index (χ2v) is 6.72. The summed E-state index contributed by atoms with van der Waals surface area (Å²) in [5.74, 6) is 5.86. The van der Waals surface area contributed by atoms with Crippen LogP contribution >= 0.6 is 0 Å². The quantitative estimate of drug-likeness (QED) is 0.118. The molecule has 1 rings (SSSR count). The third-order valence-electron chi connectivity index (χ3n) is 4.11. The minimum atomic E-state index is -0.960. The average Bonchev–Trinajstić information content (AvgIpc) is 2.66. The van der Waals surface area contributed by atoms with E-state index in [9.17, 15) is 10.2 Å². The van der Waals surface area contributed by atoms with Crippen LogP contribution in [0.3, 0.4) is 0 Å². The molecule has 1 heterocycles. The summed E-state index contributed by atoms with van der Waals surface area (Å²) in [6.07, 6.45) is 1.87. The van der Waals surface area contributed by atoms with Crippen molar-refractivity contribution in [2.75, 3.05) is 59.4 Å². The van der Waals surface area contributed by atoms with E-state index in [0.717, 1.165) is 12.8 Å². The van der Waals surface area contributed by atoms with Crippen molar-refractivity contribution in [2.45, 2.75) is 44.0 Å². The molecule has 0 aromatic carbocycles. The van der Waals surface area contributed by atoms with Gasteiger partial charge in [-0.3, -0.25) is 0 Å². The zero-order valence-electron chi connectivity index (χ0n) is 16.6. The largest absolute Gasteiger partial charge is 0.399 e. The highest BCUT2D eigenvalue weighted by Crippen LogP contribution is 2.15. The van der Waals surface area contributed by atoms with Crippen molar-refractivity contribution in [2.24, 2.45) is 11.6 Å². The van der Waals surface area contributed by atoms with Gasteiger partial charge in [-0.15, -0.1) is 0 Å². The Labute approximate surface area is 166 Å². The molecule has 7 N–H and O–H groups in total. The number of hydrogen-bond acceptors (Lipinski definition) is 10. The number of hydrogen-bond donors (Lipinski definition) is 5. The Morgan fingerprint density at radius 1 is 1.04 bits per heavy atom. The number of nitrogens with two attached hydrogens (primary N) is 2. The van der Waals surface area contributed by atoms with Crippen molar-refractivity contribution in [1.82, 2.24) is 5.01 Å². The molecule has 1 saturated heterocycles. The number of aliphatic hydroxyl groups is 3. The third kappa shape index (κ3) is 11.8. The van der Waals surface area contributed by atoms with Gasteiger partial charge in [0.25, 0.3) is 0 Å². The van der Waals surface area contributed by atoms with Crippen molar-refractivity contribution in [3.63, 3.8) is 0 Å². The second kappa shape index (κ2) is 15.9. The molecule has 0 spiro atoms. The van der Waals surface area contributed by atoms with Gasteiger partial charge in [-0.2, -0.15) is 0 Å². The number of rotatable bonds is 16. The van der Waals surface area contributed by atoms with E-state index < -0.39 is 18.3 Å². The Bertz CT molecular complexity index is 415. The van der Waals surface area contributed by atoms with E-state index in [1.807, 2.05) is 0 Å². The maximum absolute atomic E-state index is 9.89. The minimum Gasteiger partial charge on any atom is -0.399 e. The number of ether oxygens (including phenoxy) is 4. The van der Waals surface area contributed by atoms with E-state index in [1.54, 1.807) is 0 Å². The molecule has 3 atom stereocenters. The number of nitrogens with zero attached hydrogens (tertiary/aromatic N) is 1. The molecule has 3 unspecified atom stereocenters. The molecule has 0 aliphatic carbocycles. The lowest BCUT2D eigenvalue weighted by Gasteiger charge is -2.33. The summed E-state index contributed by atoms with van der Waals surface area (Å²) in [4.78, 5) is 0. The molecular formula is C18H37N3O7. The molecule has 0 radical (unpaired) electrons. The summed E-state index contributed by atoms with van der Waals surface area (Å²) in [5.41, 5.74) is 6.33. The first-order chi connectivity index (χ1) is 13.5. The average molecular weight is 408 g/mol. The predicted molar refractivity (Wildman–Crippen MR) is 103 cm³/mol. The molecule has 0 aromatic heterocycles. The summed E-state index contributed by atoms with van der Waals surface area (Å²) in [7, 11) is 0. The molecule has 0 saturated carbocycles. The van der Waals surface area contributed by atoms with Crippen LogP contribution in [-0.2, 0) is 18.9 Å². The van der Waals surface area contributed by atoms with E-state index >= 15 is 0 Å². The van der Waals surface area contributed by atoms with Crippen LogP contribution in [0.4, 0.5) is 0 Å². The molecule has 28 heavy (non-hydrogen) atoms. The van der Waals surface area contributed by atoms with Crippen LogP contribution in [0.5, 0.6) is 0 Å². The van der Waals surface area contributed by atoms with Gasteiger partial charge in [-0.1, -0.05) is 0 Å².